The van der Waals surface area contributed by atoms with Gasteiger partial charge < -0.3 is 5.32 Å². The van der Waals surface area contributed by atoms with E-state index in [-0.39, 0.29) is 0 Å². The van der Waals surface area contributed by atoms with Crippen molar-refractivity contribution in [1.29, 1.82) is 0 Å². The molecule has 0 saturated carbocycles. The van der Waals surface area contributed by atoms with E-state index in [1.54, 1.807) is 0 Å². The zero-order valence-electron chi connectivity index (χ0n) is 13.4. The van der Waals surface area contributed by atoms with Crippen LogP contribution in [0.5, 0.6) is 0 Å². The molecule has 20 heavy (non-hydrogen) atoms. The van der Waals surface area contributed by atoms with Crippen LogP contribution >= 0.6 is 11.3 Å². The Bertz CT molecular complexity index is 597. The molecule has 108 valence electrons. The predicted octanol–water partition coefficient (Wildman–Crippen LogP) is 5.39. The average Bonchev–Trinajstić information content (AvgIpc) is 2.68. The predicted molar refractivity (Wildman–Crippen MR) is 89.7 cm³/mol. The van der Waals surface area contributed by atoms with Crippen molar-refractivity contribution in [1.82, 2.24) is 5.32 Å². The summed E-state index contributed by atoms with van der Waals surface area (Å²) in [6.45, 7) is 13.3. The summed E-state index contributed by atoms with van der Waals surface area (Å²) in [4.78, 5) is 2.82. The second-order valence-corrected chi connectivity index (χ2v) is 7.30. The fraction of sp³-hybridized carbons (Fsp3) is 0.444. The summed E-state index contributed by atoms with van der Waals surface area (Å²) in [5.74, 6) is 0. The molecule has 0 bridgehead atoms. The van der Waals surface area contributed by atoms with Crippen molar-refractivity contribution in [3.63, 3.8) is 0 Å². The molecule has 2 rings (SSSR count). The highest BCUT2D eigenvalue weighted by Gasteiger charge is 2.15. The average molecular weight is 287 g/mol. The minimum Gasteiger partial charge on any atom is -0.304 e. The summed E-state index contributed by atoms with van der Waals surface area (Å²) in [6, 6.07) is 9.78. The van der Waals surface area contributed by atoms with E-state index in [4.69, 9.17) is 0 Å². The van der Waals surface area contributed by atoms with E-state index in [1.807, 2.05) is 11.3 Å². The smallest absolute Gasteiger partial charge is 0.0308 e. The van der Waals surface area contributed by atoms with Gasteiger partial charge in [0.05, 0.1) is 0 Å². The van der Waals surface area contributed by atoms with Crippen LogP contribution in [-0.2, 0) is 0 Å². The number of aryl methyl sites for hydroxylation is 4. The van der Waals surface area contributed by atoms with Gasteiger partial charge in [-0.3, -0.25) is 0 Å². The van der Waals surface area contributed by atoms with Gasteiger partial charge in [0.25, 0.3) is 0 Å². The van der Waals surface area contributed by atoms with Gasteiger partial charge in [-0.25, -0.2) is 0 Å². The number of rotatable bonds is 4. The Morgan fingerprint density at radius 1 is 0.900 bits per heavy atom. The lowest BCUT2D eigenvalue weighted by molar-refractivity contribution is 0.493. The van der Waals surface area contributed by atoms with Crippen LogP contribution in [0.3, 0.4) is 0 Å². The van der Waals surface area contributed by atoms with Crippen LogP contribution in [-0.4, -0.2) is 0 Å². The van der Waals surface area contributed by atoms with Gasteiger partial charge in [0.1, 0.15) is 0 Å². The maximum atomic E-state index is 3.73. The molecule has 1 aromatic carbocycles. The minimum atomic E-state index is 0.366. The van der Waals surface area contributed by atoms with Crippen LogP contribution in [0.25, 0.3) is 0 Å². The largest absolute Gasteiger partial charge is 0.304 e. The molecule has 1 N–H and O–H groups in total. The van der Waals surface area contributed by atoms with E-state index in [1.165, 1.54) is 32.0 Å². The maximum Gasteiger partial charge on any atom is 0.0308 e. The van der Waals surface area contributed by atoms with Gasteiger partial charge in [-0.1, -0.05) is 23.8 Å². The van der Waals surface area contributed by atoms with Crippen LogP contribution in [0, 0.1) is 27.7 Å². The van der Waals surface area contributed by atoms with E-state index in [0.717, 1.165) is 0 Å². The Morgan fingerprint density at radius 3 is 2.10 bits per heavy atom. The Labute approximate surface area is 127 Å². The van der Waals surface area contributed by atoms with Crippen LogP contribution in [0.4, 0.5) is 0 Å². The summed E-state index contributed by atoms with van der Waals surface area (Å²) in [6.07, 6.45) is 0. The zero-order chi connectivity index (χ0) is 14.9. The standard InChI is InChI=1S/C18H25NS/c1-11-7-8-17(12(2)9-11)14(4)19-15(5)18-10-13(3)20-16(18)6/h7-10,14-15,19H,1-6H3. The topological polar surface area (TPSA) is 12.0 Å². The molecule has 1 nitrogen and oxygen atoms in total. The molecule has 0 aliphatic rings. The van der Waals surface area contributed by atoms with Crippen molar-refractivity contribution in [3.8, 4) is 0 Å². The van der Waals surface area contributed by atoms with Crippen molar-refractivity contribution >= 4 is 11.3 Å². The fourth-order valence-electron chi connectivity index (χ4n) is 2.95. The number of nitrogens with one attached hydrogen (secondary N) is 1. The van der Waals surface area contributed by atoms with Crippen LogP contribution in [0.1, 0.15) is 57.9 Å². The quantitative estimate of drug-likeness (QED) is 0.794. The van der Waals surface area contributed by atoms with Gasteiger partial charge in [0.2, 0.25) is 0 Å². The molecule has 1 aromatic heterocycles. The molecular weight excluding hydrogens is 262 g/mol. The normalized spacial score (nSPS) is 14.3. The lowest BCUT2D eigenvalue weighted by Crippen LogP contribution is -2.23. The lowest BCUT2D eigenvalue weighted by Gasteiger charge is -2.22. The summed E-state index contributed by atoms with van der Waals surface area (Å²) >= 11 is 1.89. The monoisotopic (exact) mass is 287 g/mol. The molecule has 0 aliphatic carbocycles. The molecule has 0 radical (unpaired) electrons. The Morgan fingerprint density at radius 2 is 1.55 bits per heavy atom. The van der Waals surface area contributed by atoms with Gasteiger partial charge in [-0.2, -0.15) is 0 Å². The Balaban J connectivity index is 2.14. The highest BCUT2D eigenvalue weighted by atomic mass is 32.1. The van der Waals surface area contributed by atoms with E-state index in [9.17, 15) is 0 Å². The van der Waals surface area contributed by atoms with Crippen LogP contribution in [0.15, 0.2) is 24.3 Å². The third-order valence-electron chi connectivity index (χ3n) is 3.94. The van der Waals surface area contributed by atoms with E-state index < -0.39 is 0 Å². The molecular formula is C18H25NS. The van der Waals surface area contributed by atoms with Crippen molar-refractivity contribution in [2.45, 2.75) is 53.6 Å². The van der Waals surface area contributed by atoms with Gasteiger partial charge in [0, 0.05) is 21.8 Å². The molecule has 0 aliphatic heterocycles. The van der Waals surface area contributed by atoms with Crippen LogP contribution in [0.2, 0.25) is 0 Å². The molecule has 2 aromatic rings. The van der Waals surface area contributed by atoms with E-state index in [2.05, 4.69) is 71.1 Å². The Hall–Kier alpha value is -1.12. The first-order valence-corrected chi connectivity index (χ1v) is 8.10. The molecule has 0 saturated heterocycles. The Kier molecular flexibility index (Phi) is 4.66. The third kappa shape index (κ3) is 3.31. The van der Waals surface area contributed by atoms with Crippen molar-refractivity contribution in [3.05, 3.63) is 56.3 Å². The minimum absolute atomic E-state index is 0.366. The highest BCUT2D eigenvalue weighted by Crippen LogP contribution is 2.28. The first-order chi connectivity index (χ1) is 9.38. The second kappa shape index (κ2) is 6.11. The summed E-state index contributed by atoms with van der Waals surface area (Å²) in [5, 5.41) is 3.73. The summed E-state index contributed by atoms with van der Waals surface area (Å²) < 4.78 is 0. The van der Waals surface area contributed by atoms with Gasteiger partial charge in [-0.05, 0) is 64.3 Å². The SMILES string of the molecule is Cc1ccc(C(C)NC(C)c2cc(C)sc2C)c(C)c1. The number of benzene rings is 1. The molecule has 0 spiro atoms. The van der Waals surface area contributed by atoms with E-state index >= 15 is 0 Å². The fourth-order valence-corrected chi connectivity index (χ4v) is 3.97. The number of hydrogen-bond donors (Lipinski definition) is 1. The van der Waals surface area contributed by atoms with Gasteiger partial charge in [-0.15, -0.1) is 11.3 Å². The maximum absolute atomic E-state index is 3.73. The van der Waals surface area contributed by atoms with Crippen molar-refractivity contribution in [2.24, 2.45) is 0 Å². The highest BCUT2D eigenvalue weighted by molar-refractivity contribution is 7.12. The lowest BCUT2D eigenvalue weighted by atomic mass is 9.99. The molecule has 0 amide bonds. The van der Waals surface area contributed by atoms with Crippen LogP contribution < -0.4 is 5.32 Å². The summed E-state index contributed by atoms with van der Waals surface area (Å²) in [7, 11) is 0. The van der Waals surface area contributed by atoms with Crippen molar-refractivity contribution < 1.29 is 0 Å². The van der Waals surface area contributed by atoms with Crippen molar-refractivity contribution in [2.75, 3.05) is 0 Å². The molecule has 0 fully saturated rings. The third-order valence-corrected chi connectivity index (χ3v) is 4.92. The first-order valence-electron chi connectivity index (χ1n) is 7.28. The number of thiophene rings is 1. The molecule has 2 atom stereocenters. The molecule has 2 unspecified atom stereocenters. The van der Waals surface area contributed by atoms with Gasteiger partial charge in [0.15, 0.2) is 0 Å². The van der Waals surface area contributed by atoms with E-state index in [0.29, 0.717) is 12.1 Å². The molecule has 1 heterocycles. The number of hydrogen-bond acceptors (Lipinski definition) is 2. The molecule has 2 heteroatoms. The first kappa shape index (κ1) is 15.3. The second-order valence-electron chi connectivity index (χ2n) is 5.84. The van der Waals surface area contributed by atoms with Gasteiger partial charge >= 0.3 is 0 Å². The summed E-state index contributed by atoms with van der Waals surface area (Å²) in [5.41, 5.74) is 5.53. The zero-order valence-corrected chi connectivity index (χ0v) is 14.2.